The molecule has 0 amide bonds. The summed E-state index contributed by atoms with van der Waals surface area (Å²) in [7, 11) is 0. The third-order valence-electron chi connectivity index (χ3n) is 0. The molecule has 6 heteroatoms. The van der Waals surface area contributed by atoms with Crippen LogP contribution >= 0.6 is 0 Å². The van der Waals surface area contributed by atoms with Gasteiger partial charge in [0.05, 0.1) is 0 Å². The van der Waals surface area contributed by atoms with Crippen molar-refractivity contribution in [2.24, 2.45) is 0 Å². The molecule has 1 radical (unpaired) electrons. The fraction of sp³-hybridized carbons (Fsp3) is 0. The molecule has 0 unspecified atom stereocenters. The van der Waals surface area contributed by atoms with Crippen molar-refractivity contribution in [3.63, 3.8) is 0 Å². The van der Waals surface area contributed by atoms with Crippen LogP contribution in [0.15, 0.2) is 0 Å². The molecule has 6 heavy (non-hydrogen) atoms. The van der Waals surface area contributed by atoms with Crippen LogP contribution in [0.5, 0.6) is 0 Å². The second-order valence-corrected chi connectivity index (χ2v) is 0. The van der Waals surface area contributed by atoms with Crippen molar-refractivity contribution in [1.29, 1.82) is 0 Å². The second-order valence-electron chi connectivity index (χ2n) is 0. The second kappa shape index (κ2) is 45.8. The average molecular weight is 263 g/mol. The maximum atomic E-state index is 8.34. The van der Waals surface area contributed by atoms with Crippen LogP contribution in [-0.4, -0.2) is 36.2 Å². The molecule has 0 fully saturated rings. The molecule has 0 aliphatic rings. The van der Waals surface area contributed by atoms with Gasteiger partial charge in [-0.25, -0.2) is 0 Å². The molecular weight excluding hydrogens is 259 g/mol. The molecule has 0 saturated carbocycles. The van der Waals surface area contributed by atoms with Crippen LogP contribution in [0.2, 0.25) is 0 Å². The van der Waals surface area contributed by atoms with Crippen LogP contribution in [-0.2, 0) is 60.8 Å². The van der Waals surface area contributed by atoms with Crippen molar-refractivity contribution in [1.82, 2.24) is 0 Å². The van der Waals surface area contributed by atoms with E-state index in [9.17, 15) is 0 Å². The van der Waals surface area contributed by atoms with E-state index in [1.54, 1.807) is 0 Å². The van der Waals surface area contributed by atoms with Gasteiger partial charge < -0.3 is 0 Å². The minimum absolute atomic E-state index is 0. The Morgan fingerprint density at radius 3 is 1.17 bits per heavy atom. The molecule has 0 heterocycles. The fourth-order valence-corrected chi connectivity index (χ4v) is 0. The molecule has 0 saturated heterocycles. The third kappa shape index (κ3) is 29.1. The van der Waals surface area contributed by atoms with Crippen molar-refractivity contribution in [2.45, 2.75) is 0 Å². The quantitative estimate of drug-likeness (QED) is 0.464. The van der Waals surface area contributed by atoms with Gasteiger partial charge in [0.25, 0.3) is 0 Å². The first kappa shape index (κ1) is 37.0. The van der Waals surface area contributed by atoms with Crippen LogP contribution in [0, 0.1) is 0 Å². The third-order valence-corrected chi connectivity index (χ3v) is 0. The molecule has 0 N–H and O–H groups in total. The Bertz CT molecular complexity index is 15.5. The van der Waals surface area contributed by atoms with Crippen LogP contribution in [0.1, 0.15) is 0 Å². The predicted molar refractivity (Wildman–Crippen MR) is 17.8 cm³/mol. The van der Waals surface area contributed by atoms with Gasteiger partial charge in [-0.3, -0.25) is 0 Å². The van der Waals surface area contributed by atoms with Gasteiger partial charge in [0.15, 0.2) is 17.4 Å². The van der Waals surface area contributed by atoms with Crippen molar-refractivity contribution >= 4 is 36.2 Å². The summed E-state index contributed by atoms with van der Waals surface area (Å²) in [6, 6.07) is 0. The average Bonchev–Trinajstić information content (AvgIpc) is 1.00. The van der Waals surface area contributed by atoms with E-state index in [4.69, 9.17) is 2.81 Å². The van der Waals surface area contributed by atoms with Crippen molar-refractivity contribution < 1.29 is 60.8 Å². The molecule has 0 bridgehead atoms. The fourth-order valence-electron chi connectivity index (χ4n) is 0. The van der Waals surface area contributed by atoms with E-state index in [0.29, 0.717) is 24.7 Å². The molecule has 37 valence electrons. The van der Waals surface area contributed by atoms with Crippen LogP contribution in [0.3, 0.4) is 0 Å². The van der Waals surface area contributed by atoms with Crippen molar-refractivity contribution in [3.8, 4) is 0 Å². The Morgan fingerprint density at radius 2 is 1.17 bits per heavy atom. The first-order valence-corrected chi connectivity index (χ1v) is 1.21. The number of hydrogen-bond donors (Lipinski definition) is 0. The predicted octanol–water partition coefficient (Wildman–Crippen LogP) is -1.96. The summed E-state index contributed by atoms with van der Waals surface area (Å²) in [5.74, 6) is 0. The molecule has 0 aliphatic carbocycles. The summed E-state index contributed by atoms with van der Waals surface area (Å²) < 4.78 is 8.34. The molecule has 0 aromatic heterocycles. The van der Waals surface area contributed by atoms with Gasteiger partial charge in [-0.1, -0.05) is 0 Å². The first-order chi connectivity index (χ1) is 1.00. The summed E-state index contributed by atoms with van der Waals surface area (Å²) in [4.78, 5) is 0. The van der Waals surface area contributed by atoms with Gasteiger partial charge in [-0.05, 0) is 0 Å². The Morgan fingerprint density at radius 1 is 1.17 bits per heavy atom. The SMILES string of the molecule is [AlH3].[Co].[LiH].[Ni].[O]=[Zr]. The molecule has 0 atom stereocenters. The van der Waals surface area contributed by atoms with E-state index in [-0.39, 0.29) is 69.5 Å². The van der Waals surface area contributed by atoms with Gasteiger partial charge in [0, 0.05) is 33.3 Å². The summed E-state index contributed by atoms with van der Waals surface area (Å²) in [6.45, 7) is 0. The zero-order valence-corrected chi connectivity index (χ0v) is 6.04. The Balaban J connectivity index is -0.000000000833. The Kier molecular flexibility index (Phi) is 283. The summed E-state index contributed by atoms with van der Waals surface area (Å²) in [5, 5.41) is 0. The molecule has 0 spiro atoms. The molecule has 0 aromatic carbocycles. The monoisotopic (exact) mass is 261 g/mol. The van der Waals surface area contributed by atoms with Crippen LogP contribution < -0.4 is 0 Å². The number of hydrogen-bond acceptors (Lipinski definition) is 1. The topological polar surface area (TPSA) is 17.1 Å². The molecule has 0 rings (SSSR count). The van der Waals surface area contributed by atoms with E-state index < -0.39 is 0 Å². The maximum absolute atomic E-state index is 8.34. The number of rotatable bonds is 0. The normalized spacial score (nSPS) is 0.500. The van der Waals surface area contributed by atoms with Gasteiger partial charge in [0.1, 0.15) is 0 Å². The van der Waals surface area contributed by atoms with Crippen LogP contribution in [0.25, 0.3) is 0 Å². The van der Waals surface area contributed by atoms with E-state index in [1.807, 2.05) is 0 Å². The van der Waals surface area contributed by atoms with Crippen LogP contribution in [0.4, 0.5) is 0 Å². The van der Waals surface area contributed by atoms with Gasteiger partial charge in [-0.15, -0.1) is 0 Å². The standard InChI is InChI=1S/Al.Co.Li.Ni.O.Zr.4H. The molecule has 0 aliphatic heterocycles. The van der Waals surface area contributed by atoms with E-state index in [1.165, 1.54) is 0 Å². The van der Waals surface area contributed by atoms with E-state index >= 15 is 0 Å². The van der Waals surface area contributed by atoms with Gasteiger partial charge in [-0.2, -0.15) is 0 Å². The van der Waals surface area contributed by atoms with Gasteiger partial charge >= 0.3 is 46.4 Å². The zero-order chi connectivity index (χ0) is 2.00. The Hall–Kier alpha value is 2.81. The minimum atomic E-state index is 0. The first-order valence-electron chi connectivity index (χ1n) is 0.204. The van der Waals surface area contributed by atoms with E-state index in [0.717, 1.165) is 0 Å². The Labute approximate surface area is 95.5 Å². The molecule has 0 aromatic rings. The summed E-state index contributed by atoms with van der Waals surface area (Å²) >= 11 is 0.300. The molecule has 1 nitrogen and oxygen atoms in total. The van der Waals surface area contributed by atoms with Crippen molar-refractivity contribution in [2.75, 3.05) is 0 Å². The molecular formula is H4AlCoLiNiOZr. The summed E-state index contributed by atoms with van der Waals surface area (Å²) in [5.41, 5.74) is 0. The van der Waals surface area contributed by atoms with E-state index in [2.05, 4.69) is 0 Å². The zero-order valence-electron chi connectivity index (χ0n) is 1.56. The van der Waals surface area contributed by atoms with Gasteiger partial charge in [0.2, 0.25) is 0 Å². The summed E-state index contributed by atoms with van der Waals surface area (Å²) in [6.07, 6.45) is 0. The van der Waals surface area contributed by atoms with Crippen molar-refractivity contribution in [3.05, 3.63) is 0 Å².